The van der Waals surface area contributed by atoms with Gasteiger partial charge in [0.1, 0.15) is 22.3 Å². The molecule has 5 nitrogen and oxygen atoms in total. The monoisotopic (exact) mass is 564 g/mol. The van der Waals surface area contributed by atoms with Gasteiger partial charge in [-0.05, 0) is 79.8 Å². The van der Waals surface area contributed by atoms with Crippen molar-refractivity contribution < 1.29 is 14.0 Å². The van der Waals surface area contributed by atoms with Crippen LogP contribution >= 0.6 is 12.2 Å². The highest BCUT2D eigenvalue weighted by atomic mass is 32.1. The highest BCUT2D eigenvalue weighted by Gasteiger charge is 2.12. The third-order valence-electron chi connectivity index (χ3n) is 6.17. The fourth-order valence-electron chi connectivity index (χ4n) is 3.91. The third-order valence-corrected chi connectivity index (χ3v) is 6.47. The minimum absolute atomic E-state index is 0.214. The molecule has 1 aromatic heterocycles. The molecule has 2 aromatic carbocycles. The normalized spacial score (nSPS) is 11.9. The molecule has 0 fully saturated rings. The third kappa shape index (κ3) is 10.5. The summed E-state index contributed by atoms with van der Waals surface area (Å²) in [5.74, 6) is -0.975. The highest BCUT2D eigenvalue weighted by molar-refractivity contribution is 7.80. The molecule has 0 aliphatic carbocycles. The van der Waals surface area contributed by atoms with E-state index in [9.17, 15) is 8.78 Å². The first-order valence-electron chi connectivity index (χ1n) is 13.1. The lowest BCUT2D eigenvalue weighted by molar-refractivity contribution is 0.237. The van der Waals surface area contributed by atoms with Crippen molar-refractivity contribution in [3.05, 3.63) is 118 Å². The summed E-state index contributed by atoms with van der Waals surface area (Å²) in [6.45, 7) is 10.2. The number of aliphatic imine (C=N–C) groups is 1. The molecule has 0 aliphatic rings. The molecule has 0 spiro atoms. The second-order valence-corrected chi connectivity index (χ2v) is 9.63. The van der Waals surface area contributed by atoms with Crippen LogP contribution in [0.5, 0.6) is 0 Å². The Balaban J connectivity index is 0.000000469. The Labute approximate surface area is 242 Å². The quantitative estimate of drug-likeness (QED) is 0.156. The highest BCUT2D eigenvalue weighted by Crippen LogP contribution is 2.21. The van der Waals surface area contributed by atoms with Gasteiger partial charge in [0.2, 0.25) is 0 Å². The van der Waals surface area contributed by atoms with Gasteiger partial charge in [0.25, 0.3) is 0 Å². The van der Waals surface area contributed by atoms with E-state index in [0.29, 0.717) is 24.2 Å². The maximum atomic E-state index is 12.6. The second-order valence-electron chi connectivity index (χ2n) is 9.22. The van der Waals surface area contributed by atoms with Gasteiger partial charge in [-0.15, -0.1) is 0 Å². The van der Waals surface area contributed by atoms with Gasteiger partial charge in [-0.1, -0.05) is 67.7 Å². The Kier molecular flexibility index (Phi) is 14.0. The topological polar surface area (TPSA) is 60.8 Å². The summed E-state index contributed by atoms with van der Waals surface area (Å²) in [7, 11) is 2.09. The van der Waals surface area contributed by atoms with Crippen LogP contribution in [0, 0.1) is 18.6 Å². The molecule has 8 heteroatoms. The van der Waals surface area contributed by atoms with Gasteiger partial charge in [0.15, 0.2) is 0 Å². The molecule has 3 aromatic rings. The largest absolute Gasteiger partial charge is 0.298 e. The summed E-state index contributed by atoms with van der Waals surface area (Å²) in [4.78, 5) is 11.4. The summed E-state index contributed by atoms with van der Waals surface area (Å²) in [5, 5.41) is 9.09. The Morgan fingerprint density at radius 3 is 2.40 bits per heavy atom. The van der Waals surface area contributed by atoms with Crippen LogP contribution < -0.4 is 5.48 Å². The van der Waals surface area contributed by atoms with Gasteiger partial charge in [0.05, 0.1) is 6.54 Å². The minimum Gasteiger partial charge on any atom is -0.298 e. The number of halogens is 2. The van der Waals surface area contributed by atoms with Crippen molar-refractivity contribution in [1.82, 2.24) is 15.4 Å². The lowest BCUT2D eigenvalue weighted by Crippen LogP contribution is -2.24. The average molecular weight is 565 g/mol. The predicted molar refractivity (Wildman–Crippen MR) is 165 cm³/mol. The van der Waals surface area contributed by atoms with Crippen molar-refractivity contribution in [2.75, 3.05) is 20.1 Å². The molecule has 0 saturated heterocycles. The van der Waals surface area contributed by atoms with Gasteiger partial charge in [-0.3, -0.25) is 25.6 Å². The smallest absolute Gasteiger partial charge is 0.149 e. The molecule has 0 radical (unpaired) electrons. The number of hydrogen-bond donors (Lipinski definition) is 2. The molecule has 40 heavy (non-hydrogen) atoms. The van der Waals surface area contributed by atoms with Crippen molar-refractivity contribution in [2.45, 2.75) is 40.7 Å². The molecule has 0 saturated carbocycles. The van der Waals surface area contributed by atoms with Crippen LogP contribution in [-0.2, 0) is 13.0 Å². The predicted octanol–water partition coefficient (Wildman–Crippen LogP) is 7.12. The SMILES string of the molecule is C/C=C(\C=NCc1ccccc1)CN(C)C/C(=C/C)c1cc(C(=S)NO)ncc1C.CCc1ccc(F)cc1F. The summed E-state index contributed by atoms with van der Waals surface area (Å²) in [6, 6.07) is 15.8. The van der Waals surface area contributed by atoms with Crippen LogP contribution in [0.3, 0.4) is 0 Å². The fourth-order valence-corrected chi connectivity index (χ4v) is 4.02. The Morgan fingerprint density at radius 1 is 1.07 bits per heavy atom. The van der Waals surface area contributed by atoms with Gasteiger partial charge in [0, 0.05) is 31.6 Å². The van der Waals surface area contributed by atoms with Crippen molar-refractivity contribution in [3.63, 3.8) is 0 Å². The van der Waals surface area contributed by atoms with Crippen molar-refractivity contribution in [2.24, 2.45) is 4.99 Å². The zero-order chi connectivity index (χ0) is 29.5. The van der Waals surface area contributed by atoms with E-state index in [1.54, 1.807) is 6.20 Å². The number of hydrogen-bond acceptors (Lipinski definition) is 5. The fraction of sp³-hybridized carbons (Fsp3) is 0.281. The first kappa shape index (κ1) is 32.6. The number of benzene rings is 2. The molecule has 0 atom stereocenters. The summed E-state index contributed by atoms with van der Waals surface area (Å²) >= 11 is 5.11. The molecule has 1 heterocycles. The molecular formula is C32H38F2N4OS. The van der Waals surface area contributed by atoms with Crippen molar-refractivity contribution >= 4 is 29.0 Å². The molecule has 3 rings (SSSR count). The molecule has 212 valence electrons. The van der Waals surface area contributed by atoms with Crippen molar-refractivity contribution in [1.29, 1.82) is 0 Å². The number of hydroxylamine groups is 1. The lowest BCUT2D eigenvalue weighted by Gasteiger charge is -2.20. The lowest BCUT2D eigenvalue weighted by atomic mass is 10.0. The number of aromatic nitrogens is 1. The molecule has 0 aliphatic heterocycles. The van der Waals surface area contributed by atoms with Gasteiger partial charge < -0.3 is 0 Å². The van der Waals surface area contributed by atoms with E-state index in [-0.39, 0.29) is 4.99 Å². The van der Waals surface area contributed by atoms with Crippen LogP contribution in [0.1, 0.15) is 48.7 Å². The molecular weight excluding hydrogens is 526 g/mol. The van der Waals surface area contributed by atoms with Crippen LogP contribution in [0.2, 0.25) is 0 Å². The van der Waals surface area contributed by atoms with Crippen LogP contribution in [-0.4, -0.2) is 46.4 Å². The van der Waals surface area contributed by atoms with Gasteiger partial charge in [-0.2, -0.15) is 0 Å². The Morgan fingerprint density at radius 2 is 1.80 bits per heavy atom. The summed E-state index contributed by atoms with van der Waals surface area (Å²) in [6.07, 6.45) is 8.55. The number of allylic oxidation sites excluding steroid dienone is 2. The van der Waals surface area contributed by atoms with E-state index in [1.165, 1.54) is 28.8 Å². The summed E-state index contributed by atoms with van der Waals surface area (Å²) in [5.41, 5.74) is 8.81. The molecule has 0 unspecified atom stereocenters. The number of thiocarbonyl (C=S) groups is 1. The van der Waals surface area contributed by atoms with E-state index in [4.69, 9.17) is 17.4 Å². The first-order valence-corrected chi connectivity index (χ1v) is 13.5. The number of nitrogens with one attached hydrogen (secondary N) is 1. The molecule has 0 amide bonds. The maximum Gasteiger partial charge on any atom is 0.149 e. The van der Waals surface area contributed by atoms with Crippen LogP contribution in [0.4, 0.5) is 8.78 Å². The van der Waals surface area contributed by atoms with E-state index in [1.807, 2.05) is 63.7 Å². The van der Waals surface area contributed by atoms with Crippen LogP contribution in [0.25, 0.3) is 5.57 Å². The number of aryl methyl sites for hydroxylation is 2. The van der Waals surface area contributed by atoms with E-state index in [2.05, 4.69) is 46.2 Å². The van der Waals surface area contributed by atoms with Crippen molar-refractivity contribution in [3.8, 4) is 0 Å². The number of pyridine rings is 1. The second kappa shape index (κ2) is 17.2. The molecule has 2 N–H and O–H groups in total. The van der Waals surface area contributed by atoms with Gasteiger partial charge >= 0.3 is 0 Å². The maximum absolute atomic E-state index is 12.6. The Bertz CT molecular complexity index is 1340. The number of likely N-dealkylation sites (N-methyl/N-ethyl adjacent to an activating group) is 1. The standard InChI is InChI=1S/C24H30N4OS.C8H8F2/c1-5-19(14-25-15-20-10-8-7-9-11-20)16-28(4)17-21(6-2)22-12-23(24(30)27-29)26-13-18(22)3;1-2-6-3-4-7(9)5-8(6)10/h5-14,29H,15-17H2,1-4H3,(H,27,30);3-5H,2H2,1H3/b19-5+,21-6-,25-14?;. The van der Waals surface area contributed by atoms with Crippen LogP contribution in [0.15, 0.2) is 83.5 Å². The van der Waals surface area contributed by atoms with Gasteiger partial charge in [-0.25, -0.2) is 8.78 Å². The number of nitrogens with zero attached hydrogens (tertiary/aromatic N) is 3. The average Bonchev–Trinajstić information content (AvgIpc) is 2.96. The van der Waals surface area contributed by atoms with E-state index < -0.39 is 11.6 Å². The zero-order valence-electron chi connectivity index (χ0n) is 23.8. The zero-order valence-corrected chi connectivity index (χ0v) is 24.6. The number of rotatable bonds is 10. The van der Waals surface area contributed by atoms with E-state index >= 15 is 0 Å². The van der Waals surface area contributed by atoms with E-state index in [0.717, 1.165) is 30.3 Å². The first-order chi connectivity index (χ1) is 19.2. The minimum atomic E-state index is -0.519. The Hall–Kier alpha value is -3.59. The molecule has 0 bridgehead atoms. The summed E-state index contributed by atoms with van der Waals surface area (Å²) < 4.78 is 24.9.